The number of pyridine rings is 1. The normalized spacial score (nSPS) is 12.4. The highest BCUT2D eigenvalue weighted by atomic mass is 32.1. The number of aromatic nitrogens is 1. The molecule has 0 aliphatic heterocycles. The molecule has 0 spiro atoms. The third-order valence-corrected chi connectivity index (χ3v) is 4.05. The van der Waals surface area contributed by atoms with Crippen molar-refractivity contribution in [2.45, 2.75) is 19.4 Å². The summed E-state index contributed by atoms with van der Waals surface area (Å²) in [5, 5.41) is 8.90. The number of nitrogen functional groups attached to an aromatic ring is 1. The van der Waals surface area contributed by atoms with E-state index < -0.39 is 0 Å². The van der Waals surface area contributed by atoms with E-state index in [1.165, 1.54) is 5.56 Å². The first kappa shape index (κ1) is 12.9. The SMILES string of the molecule is CC(Cc1ccsc1)Nc1c(N)cnc2ccccc12. The number of hydrogen-bond donors (Lipinski definition) is 2. The van der Waals surface area contributed by atoms with Gasteiger partial charge in [-0.1, -0.05) is 18.2 Å². The second-order valence-corrected chi connectivity index (χ2v) is 5.77. The lowest BCUT2D eigenvalue weighted by Gasteiger charge is -2.18. The second kappa shape index (κ2) is 5.51. The van der Waals surface area contributed by atoms with E-state index in [0.717, 1.165) is 23.0 Å². The third-order valence-electron chi connectivity index (χ3n) is 3.32. The number of nitrogens with zero attached hydrogens (tertiary/aromatic N) is 1. The highest BCUT2D eigenvalue weighted by Crippen LogP contribution is 2.28. The summed E-state index contributed by atoms with van der Waals surface area (Å²) in [7, 11) is 0. The van der Waals surface area contributed by atoms with E-state index in [4.69, 9.17) is 5.73 Å². The Morgan fingerprint density at radius 2 is 2.15 bits per heavy atom. The number of para-hydroxylation sites is 1. The molecule has 0 fully saturated rings. The summed E-state index contributed by atoms with van der Waals surface area (Å²) >= 11 is 1.73. The van der Waals surface area contributed by atoms with Crippen molar-refractivity contribution in [3.63, 3.8) is 0 Å². The lowest BCUT2D eigenvalue weighted by Crippen LogP contribution is -2.19. The van der Waals surface area contributed by atoms with Gasteiger partial charge in [-0.05, 0) is 41.8 Å². The van der Waals surface area contributed by atoms with Crippen LogP contribution in [0.5, 0.6) is 0 Å². The van der Waals surface area contributed by atoms with Crippen molar-refractivity contribution in [3.05, 3.63) is 52.9 Å². The van der Waals surface area contributed by atoms with Gasteiger partial charge in [-0.25, -0.2) is 0 Å². The fourth-order valence-electron chi connectivity index (χ4n) is 2.38. The van der Waals surface area contributed by atoms with Crippen molar-refractivity contribution in [3.8, 4) is 0 Å². The number of rotatable bonds is 4. The van der Waals surface area contributed by atoms with Gasteiger partial charge in [0.2, 0.25) is 0 Å². The molecule has 3 nitrogen and oxygen atoms in total. The molecular weight excluding hydrogens is 266 g/mol. The molecular formula is C16H17N3S. The molecule has 0 amide bonds. The molecule has 3 N–H and O–H groups in total. The van der Waals surface area contributed by atoms with Gasteiger partial charge < -0.3 is 11.1 Å². The number of hydrogen-bond acceptors (Lipinski definition) is 4. The fraction of sp³-hybridized carbons (Fsp3) is 0.188. The van der Waals surface area contributed by atoms with Crippen LogP contribution < -0.4 is 11.1 Å². The number of thiophene rings is 1. The smallest absolute Gasteiger partial charge is 0.0743 e. The number of benzene rings is 1. The number of fused-ring (bicyclic) bond motifs is 1. The molecule has 1 unspecified atom stereocenters. The van der Waals surface area contributed by atoms with Gasteiger partial charge in [-0.15, -0.1) is 0 Å². The number of anilines is 2. The predicted molar refractivity (Wildman–Crippen MR) is 87.3 cm³/mol. The molecule has 4 heteroatoms. The van der Waals surface area contributed by atoms with Crippen molar-refractivity contribution >= 4 is 33.6 Å². The van der Waals surface area contributed by atoms with Crippen molar-refractivity contribution in [1.29, 1.82) is 0 Å². The van der Waals surface area contributed by atoms with Crippen LogP contribution in [-0.2, 0) is 6.42 Å². The molecule has 0 saturated carbocycles. The minimum Gasteiger partial charge on any atom is -0.396 e. The molecule has 0 saturated heterocycles. The quantitative estimate of drug-likeness (QED) is 0.763. The Bertz CT molecular complexity index is 707. The van der Waals surface area contributed by atoms with Crippen LogP contribution in [0.2, 0.25) is 0 Å². The summed E-state index contributed by atoms with van der Waals surface area (Å²) < 4.78 is 0. The highest BCUT2D eigenvalue weighted by Gasteiger charge is 2.10. The Balaban J connectivity index is 1.88. The van der Waals surface area contributed by atoms with Gasteiger partial charge in [-0.2, -0.15) is 11.3 Å². The first-order chi connectivity index (χ1) is 9.74. The molecule has 3 aromatic rings. The fourth-order valence-corrected chi connectivity index (χ4v) is 3.06. The zero-order valence-corrected chi connectivity index (χ0v) is 12.2. The lowest BCUT2D eigenvalue weighted by molar-refractivity contribution is 0.794. The van der Waals surface area contributed by atoms with E-state index >= 15 is 0 Å². The number of nitrogens with two attached hydrogens (primary N) is 1. The van der Waals surface area contributed by atoms with E-state index in [1.54, 1.807) is 17.5 Å². The Hall–Kier alpha value is -2.07. The van der Waals surface area contributed by atoms with Crippen molar-refractivity contribution in [1.82, 2.24) is 4.98 Å². The summed E-state index contributed by atoms with van der Waals surface area (Å²) in [5.74, 6) is 0. The van der Waals surface area contributed by atoms with Crippen LogP contribution >= 0.6 is 11.3 Å². The molecule has 0 bridgehead atoms. The first-order valence-corrected chi connectivity index (χ1v) is 7.59. The molecule has 20 heavy (non-hydrogen) atoms. The van der Waals surface area contributed by atoms with Crippen molar-refractivity contribution < 1.29 is 0 Å². The first-order valence-electron chi connectivity index (χ1n) is 6.65. The number of nitrogens with one attached hydrogen (secondary N) is 1. The maximum absolute atomic E-state index is 6.09. The van der Waals surface area contributed by atoms with Gasteiger partial charge in [0.05, 0.1) is 23.1 Å². The highest BCUT2D eigenvalue weighted by molar-refractivity contribution is 7.07. The molecule has 1 aromatic carbocycles. The van der Waals surface area contributed by atoms with Gasteiger partial charge in [0, 0.05) is 11.4 Å². The van der Waals surface area contributed by atoms with Crippen LogP contribution in [0.3, 0.4) is 0 Å². The summed E-state index contributed by atoms with van der Waals surface area (Å²) in [6, 6.07) is 10.5. The van der Waals surface area contributed by atoms with Gasteiger partial charge in [0.1, 0.15) is 0 Å². The molecule has 0 radical (unpaired) electrons. The zero-order chi connectivity index (χ0) is 13.9. The second-order valence-electron chi connectivity index (χ2n) is 4.99. The van der Waals surface area contributed by atoms with Crippen LogP contribution in [0.15, 0.2) is 47.3 Å². The average molecular weight is 283 g/mol. The molecule has 0 aliphatic rings. The summed E-state index contributed by atoms with van der Waals surface area (Å²) in [6.45, 7) is 2.17. The van der Waals surface area contributed by atoms with E-state index in [9.17, 15) is 0 Å². The van der Waals surface area contributed by atoms with Crippen molar-refractivity contribution in [2.75, 3.05) is 11.1 Å². The summed E-state index contributed by atoms with van der Waals surface area (Å²) in [5.41, 5.74) is 10.1. The van der Waals surface area contributed by atoms with Crippen LogP contribution in [0.25, 0.3) is 10.9 Å². The monoisotopic (exact) mass is 283 g/mol. The lowest BCUT2D eigenvalue weighted by atomic mass is 10.1. The molecule has 2 heterocycles. The van der Waals surface area contributed by atoms with E-state index in [1.807, 2.05) is 18.2 Å². The Morgan fingerprint density at radius 1 is 1.30 bits per heavy atom. The minimum absolute atomic E-state index is 0.317. The van der Waals surface area contributed by atoms with E-state index in [2.05, 4.69) is 40.1 Å². The Morgan fingerprint density at radius 3 is 2.95 bits per heavy atom. The van der Waals surface area contributed by atoms with Gasteiger partial charge in [0.15, 0.2) is 0 Å². The standard InChI is InChI=1S/C16H17N3S/c1-11(8-12-6-7-20-10-12)19-16-13-4-2-3-5-15(13)18-9-14(16)17/h2-7,9-11H,8,17H2,1H3,(H,18,19). The summed E-state index contributed by atoms with van der Waals surface area (Å²) in [4.78, 5) is 4.36. The van der Waals surface area contributed by atoms with Crippen LogP contribution in [0, 0.1) is 0 Å². The molecule has 102 valence electrons. The Kier molecular flexibility index (Phi) is 3.56. The molecule has 3 rings (SSSR count). The van der Waals surface area contributed by atoms with Crippen LogP contribution in [-0.4, -0.2) is 11.0 Å². The van der Waals surface area contributed by atoms with Crippen molar-refractivity contribution in [2.24, 2.45) is 0 Å². The third kappa shape index (κ3) is 2.60. The molecule has 2 aromatic heterocycles. The predicted octanol–water partition coefficient (Wildman–Crippen LogP) is 3.92. The molecule has 0 aliphatic carbocycles. The molecule has 1 atom stereocenters. The van der Waals surface area contributed by atoms with E-state index in [-0.39, 0.29) is 0 Å². The topological polar surface area (TPSA) is 50.9 Å². The van der Waals surface area contributed by atoms with E-state index in [0.29, 0.717) is 11.7 Å². The maximum Gasteiger partial charge on any atom is 0.0743 e. The average Bonchev–Trinajstić information content (AvgIpc) is 2.95. The van der Waals surface area contributed by atoms with Crippen LogP contribution in [0.1, 0.15) is 12.5 Å². The Labute approximate surface area is 122 Å². The zero-order valence-electron chi connectivity index (χ0n) is 11.3. The maximum atomic E-state index is 6.09. The largest absolute Gasteiger partial charge is 0.396 e. The van der Waals surface area contributed by atoms with Crippen LogP contribution in [0.4, 0.5) is 11.4 Å². The van der Waals surface area contributed by atoms with Gasteiger partial charge >= 0.3 is 0 Å². The van der Waals surface area contributed by atoms with Gasteiger partial charge in [0.25, 0.3) is 0 Å². The summed E-state index contributed by atoms with van der Waals surface area (Å²) in [6.07, 6.45) is 2.71. The van der Waals surface area contributed by atoms with Gasteiger partial charge in [-0.3, -0.25) is 4.98 Å². The minimum atomic E-state index is 0.317.